The maximum Gasteiger partial charge on any atom is 0.326 e. The van der Waals surface area contributed by atoms with Crippen molar-refractivity contribution in [1.82, 2.24) is 16.0 Å². The van der Waals surface area contributed by atoms with Gasteiger partial charge in [0, 0.05) is 12.8 Å². The van der Waals surface area contributed by atoms with Crippen LogP contribution in [0.2, 0.25) is 0 Å². The Labute approximate surface area is 151 Å². The standard InChI is InChI=1S/C16H27N3O7/c1-2-3-4-5-6-13(21)19-11(16(25)26)7-8-12(20)17-9-14(22)18-10-15(23)24/h11H,2-10H2,1H3,(H,17,20)(H,18,22)(H,19,21)(H,23,24)(H,25,26)/t11-/m1/s1. The van der Waals surface area contributed by atoms with Crippen LogP contribution in [0.3, 0.4) is 0 Å². The Balaban J connectivity index is 4.12. The van der Waals surface area contributed by atoms with E-state index in [-0.39, 0.29) is 25.2 Å². The molecule has 10 heteroatoms. The molecule has 0 saturated heterocycles. The Bertz CT molecular complexity index is 508. The van der Waals surface area contributed by atoms with Gasteiger partial charge in [-0.2, -0.15) is 0 Å². The summed E-state index contributed by atoms with van der Waals surface area (Å²) >= 11 is 0. The van der Waals surface area contributed by atoms with Crippen LogP contribution in [0.1, 0.15) is 51.9 Å². The van der Waals surface area contributed by atoms with Gasteiger partial charge in [0.15, 0.2) is 0 Å². The molecule has 0 saturated carbocycles. The third-order valence-corrected chi connectivity index (χ3v) is 3.43. The highest BCUT2D eigenvalue weighted by Gasteiger charge is 2.21. The molecule has 0 heterocycles. The zero-order chi connectivity index (χ0) is 19.9. The number of rotatable bonds is 14. The van der Waals surface area contributed by atoms with E-state index < -0.39 is 42.9 Å². The zero-order valence-electron chi connectivity index (χ0n) is 14.9. The first-order valence-corrected chi connectivity index (χ1v) is 8.53. The molecule has 26 heavy (non-hydrogen) atoms. The van der Waals surface area contributed by atoms with E-state index in [9.17, 15) is 24.0 Å². The van der Waals surface area contributed by atoms with E-state index in [2.05, 4.69) is 16.0 Å². The number of carbonyl (C=O) groups is 5. The molecule has 0 aliphatic heterocycles. The maximum absolute atomic E-state index is 11.7. The molecule has 0 aliphatic rings. The Morgan fingerprint density at radius 1 is 0.808 bits per heavy atom. The second kappa shape index (κ2) is 13.6. The van der Waals surface area contributed by atoms with Gasteiger partial charge in [-0.25, -0.2) is 4.79 Å². The first kappa shape index (κ1) is 23.4. The number of carbonyl (C=O) groups excluding carboxylic acids is 3. The monoisotopic (exact) mass is 373 g/mol. The molecule has 0 aromatic rings. The first-order chi connectivity index (χ1) is 12.3. The van der Waals surface area contributed by atoms with Crippen molar-refractivity contribution in [3.05, 3.63) is 0 Å². The Hall–Kier alpha value is -2.65. The molecule has 0 rings (SSSR count). The van der Waals surface area contributed by atoms with Gasteiger partial charge in [0.05, 0.1) is 6.54 Å². The molecular weight excluding hydrogens is 346 g/mol. The molecule has 1 atom stereocenters. The lowest BCUT2D eigenvalue weighted by Crippen LogP contribution is -2.42. The van der Waals surface area contributed by atoms with E-state index in [0.717, 1.165) is 19.3 Å². The molecule has 148 valence electrons. The van der Waals surface area contributed by atoms with E-state index in [0.29, 0.717) is 6.42 Å². The fourth-order valence-corrected chi connectivity index (χ4v) is 2.02. The molecule has 0 unspecified atom stereocenters. The van der Waals surface area contributed by atoms with Crippen molar-refractivity contribution >= 4 is 29.7 Å². The van der Waals surface area contributed by atoms with Gasteiger partial charge in [0.25, 0.3) is 0 Å². The van der Waals surface area contributed by atoms with Crippen molar-refractivity contribution < 1.29 is 34.2 Å². The summed E-state index contributed by atoms with van der Waals surface area (Å²) in [7, 11) is 0. The van der Waals surface area contributed by atoms with Crippen LogP contribution in [-0.4, -0.2) is 59.0 Å². The Morgan fingerprint density at radius 2 is 1.46 bits per heavy atom. The summed E-state index contributed by atoms with van der Waals surface area (Å²) in [4.78, 5) is 56.1. The van der Waals surface area contributed by atoms with Crippen LogP contribution in [0.4, 0.5) is 0 Å². The van der Waals surface area contributed by atoms with Crippen molar-refractivity contribution in [2.45, 2.75) is 57.9 Å². The number of nitrogens with one attached hydrogen (secondary N) is 3. The smallest absolute Gasteiger partial charge is 0.326 e. The predicted octanol–water partition coefficient (Wildman–Crippen LogP) is -0.377. The van der Waals surface area contributed by atoms with Gasteiger partial charge in [-0.3, -0.25) is 19.2 Å². The van der Waals surface area contributed by atoms with Crippen molar-refractivity contribution in [3.8, 4) is 0 Å². The fourth-order valence-electron chi connectivity index (χ4n) is 2.02. The van der Waals surface area contributed by atoms with Crippen molar-refractivity contribution in [2.75, 3.05) is 13.1 Å². The molecule has 3 amide bonds. The summed E-state index contributed by atoms with van der Waals surface area (Å²) in [5.41, 5.74) is 0. The minimum Gasteiger partial charge on any atom is -0.480 e. The quantitative estimate of drug-likeness (QED) is 0.259. The van der Waals surface area contributed by atoms with Gasteiger partial charge in [-0.1, -0.05) is 26.2 Å². The number of hydrogen-bond acceptors (Lipinski definition) is 5. The summed E-state index contributed by atoms with van der Waals surface area (Å²) in [5, 5.41) is 24.2. The average Bonchev–Trinajstić information content (AvgIpc) is 2.58. The van der Waals surface area contributed by atoms with Crippen LogP contribution in [-0.2, 0) is 24.0 Å². The second-order valence-corrected chi connectivity index (χ2v) is 5.75. The van der Waals surface area contributed by atoms with E-state index in [1.54, 1.807) is 0 Å². The molecule has 0 spiro atoms. The topological polar surface area (TPSA) is 162 Å². The largest absolute Gasteiger partial charge is 0.480 e. The van der Waals surface area contributed by atoms with Crippen molar-refractivity contribution in [2.24, 2.45) is 0 Å². The second-order valence-electron chi connectivity index (χ2n) is 5.75. The highest BCUT2D eigenvalue weighted by molar-refractivity contribution is 5.87. The van der Waals surface area contributed by atoms with Gasteiger partial charge in [-0.05, 0) is 12.8 Å². The van der Waals surface area contributed by atoms with Gasteiger partial charge >= 0.3 is 11.9 Å². The lowest BCUT2D eigenvalue weighted by Gasteiger charge is -2.14. The van der Waals surface area contributed by atoms with Crippen LogP contribution < -0.4 is 16.0 Å². The SMILES string of the molecule is CCCCCCC(=O)N[C@H](CCC(=O)NCC(=O)NCC(=O)O)C(=O)O. The van der Waals surface area contributed by atoms with Gasteiger partial charge in [0.1, 0.15) is 12.6 Å². The number of carboxylic acids is 2. The third-order valence-electron chi connectivity index (χ3n) is 3.43. The lowest BCUT2D eigenvalue weighted by atomic mass is 10.1. The molecule has 10 nitrogen and oxygen atoms in total. The predicted molar refractivity (Wildman–Crippen MR) is 91.2 cm³/mol. The van der Waals surface area contributed by atoms with Crippen LogP contribution in [0.5, 0.6) is 0 Å². The molecule has 0 aliphatic carbocycles. The molecule has 0 aromatic carbocycles. The number of carboxylic acid groups (broad SMARTS) is 2. The highest BCUT2D eigenvalue weighted by atomic mass is 16.4. The summed E-state index contributed by atoms with van der Waals surface area (Å²) in [6, 6.07) is -1.18. The fraction of sp³-hybridized carbons (Fsp3) is 0.688. The number of hydrogen-bond donors (Lipinski definition) is 5. The van der Waals surface area contributed by atoms with Crippen LogP contribution in [0.15, 0.2) is 0 Å². The number of amides is 3. The molecule has 0 fully saturated rings. The summed E-state index contributed by atoms with van der Waals surface area (Å²) in [5.74, 6) is -4.06. The van der Waals surface area contributed by atoms with E-state index in [1.807, 2.05) is 6.92 Å². The maximum atomic E-state index is 11.7. The summed E-state index contributed by atoms with van der Waals surface area (Å²) < 4.78 is 0. The molecule has 5 N–H and O–H groups in total. The summed E-state index contributed by atoms with van der Waals surface area (Å²) in [6.45, 7) is 1.08. The number of aliphatic carboxylic acids is 2. The van der Waals surface area contributed by atoms with E-state index >= 15 is 0 Å². The first-order valence-electron chi connectivity index (χ1n) is 8.53. The van der Waals surface area contributed by atoms with E-state index in [4.69, 9.17) is 10.2 Å². The molecule has 0 radical (unpaired) electrons. The summed E-state index contributed by atoms with van der Waals surface area (Å²) in [6.07, 6.45) is 3.54. The van der Waals surface area contributed by atoms with Gasteiger partial charge in [0.2, 0.25) is 17.7 Å². The number of unbranched alkanes of at least 4 members (excludes halogenated alkanes) is 3. The van der Waals surface area contributed by atoms with Crippen LogP contribution in [0, 0.1) is 0 Å². The van der Waals surface area contributed by atoms with Crippen molar-refractivity contribution in [3.63, 3.8) is 0 Å². The Kier molecular flexibility index (Phi) is 12.2. The minimum atomic E-state index is -1.24. The van der Waals surface area contributed by atoms with E-state index in [1.165, 1.54) is 0 Å². The molecule has 0 aromatic heterocycles. The van der Waals surface area contributed by atoms with Crippen molar-refractivity contribution in [1.29, 1.82) is 0 Å². The average molecular weight is 373 g/mol. The van der Waals surface area contributed by atoms with Gasteiger partial charge in [-0.15, -0.1) is 0 Å². The third kappa shape index (κ3) is 12.7. The lowest BCUT2D eigenvalue weighted by molar-refractivity contribution is -0.142. The Morgan fingerprint density at radius 3 is 2.04 bits per heavy atom. The van der Waals surface area contributed by atoms with Crippen LogP contribution >= 0.6 is 0 Å². The highest BCUT2D eigenvalue weighted by Crippen LogP contribution is 2.04. The zero-order valence-corrected chi connectivity index (χ0v) is 14.9. The normalized spacial score (nSPS) is 11.3. The minimum absolute atomic E-state index is 0.112. The molecular formula is C16H27N3O7. The van der Waals surface area contributed by atoms with Gasteiger partial charge < -0.3 is 26.2 Å². The van der Waals surface area contributed by atoms with Crippen LogP contribution in [0.25, 0.3) is 0 Å². The molecule has 0 bridgehead atoms.